The van der Waals surface area contributed by atoms with Crippen LogP contribution in [0.1, 0.15) is 0 Å². The minimum Gasteiger partial charge on any atom is -0.218 e. The van der Waals surface area contributed by atoms with E-state index in [1.165, 1.54) is 16.9 Å². The highest BCUT2D eigenvalue weighted by atomic mass is 79.9. The normalized spacial score (nSPS) is 10.3. The minimum atomic E-state index is -0.333. The van der Waals surface area contributed by atoms with Crippen LogP contribution in [0.3, 0.4) is 0 Å². The number of rotatable bonds is 1. The summed E-state index contributed by atoms with van der Waals surface area (Å²) in [5.41, 5.74) is 0.390. The molecule has 1 aromatic carbocycles. The second kappa shape index (κ2) is 3.26. The van der Waals surface area contributed by atoms with Gasteiger partial charge in [-0.05, 0) is 18.2 Å². The zero-order chi connectivity index (χ0) is 9.26. The molecule has 0 fully saturated rings. The molecule has 66 valence electrons. The Bertz CT molecular complexity index is 413. The van der Waals surface area contributed by atoms with Gasteiger partial charge in [-0.2, -0.15) is 0 Å². The third kappa shape index (κ3) is 1.60. The highest BCUT2D eigenvalue weighted by molar-refractivity contribution is 9.10. The standard InChI is InChI=1S/C8H5BrFN3/c9-6-1-2-8(7(10)5-6)13-4-3-11-12-13/h1-5H. The lowest BCUT2D eigenvalue weighted by Crippen LogP contribution is -1.98. The molecule has 1 heterocycles. The summed E-state index contributed by atoms with van der Waals surface area (Å²) in [5, 5.41) is 7.29. The number of benzene rings is 1. The van der Waals surface area contributed by atoms with Gasteiger partial charge < -0.3 is 0 Å². The number of halogens is 2. The molecule has 0 spiro atoms. The lowest BCUT2D eigenvalue weighted by atomic mass is 10.3. The molecule has 0 N–H and O–H groups in total. The van der Waals surface area contributed by atoms with Gasteiger partial charge in [-0.1, -0.05) is 21.1 Å². The summed E-state index contributed by atoms with van der Waals surface area (Å²) >= 11 is 3.17. The first kappa shape index (κ1) is 8.37. The van der Waals surface area contributed by atoms with Crippen molar-refractivity contribution in [2.45, 2.75) is 0 Å². The summed E-state index contributed by atoms with van der Waals surface area (Å²) in [6.45, 7) is 0. The third-order valence-electron chi connectivity index (χ3n) is 1.58. The molecule has 3 nitrogen and oxygen atoms in total. The topological polar surface area (TPSA) is 30.7 Å². The number of hydrogen-bond acceptors (Lipinski definition) is 2. The van der Waals surface area contributed by atoms with Crippen LogP contribution >= 0.6 is 15.9 Å². The zero-order valence-electron chi connectivity index (χ0n) is 6.48. The maximum Gasteiger partial charge on any atom is 0.150 e. The Balaban J connectivity index is 2.53. The van der Waals surface area contributed by atoms with Crippen LogP contribution in [0.25, 0.3) is 5.69 Å². The van der Waals surface area contributed by atoms with Crippen molar-refractivity contribution in [3.05, 3.63) is 40.9 Å². The van der Waals surface area contributed by atoms with Crippen LogP contribution in [0.2, 0.25) is 0 Å². The second-order valence-electron chi connectivity index (χ2n) is 2.44. The molecule has 13 heavy (non-hydrogen) atoms. The molecule has 0 unspecified atom stereocenters. The molecule has 0 saturated heterocycles. The highest BCUT2D eigenvalue weighted by Crippen LogP contribution is 2.17. The Labute approximate surface area is 82.3 Å². The molecule has 0 bridgehead atoms. The first-order valence-corrected chi connectivity index (χ1v) is 4.38. The van der Waals surface area contributed by atoms with Gasteiger partial charge in [-0.25, -0.2) is 9.07 Å². The average Bonchev–Trinajstić information content (AvgIpc) is 2.56. The van der Waals surface area contributed by atoms with Gasteiger partial charge in [0.2, 0.25) is 0 Å². The van der Waals surface area contributed by atoms with Crippen molar-refractivity contribution in [1.82, 2.24) is 15.0 Å². The van der Waals surface area contributed by atoms with Gasteiger partial charge in [0.1, 0.15) is 11.5 Å². The van der Waals surface area contributed by atoms with Crippen molar-refractivity contribution in [1.29, 1.82) is 0 Å². The Morgan fingerprint density at radius 2 is 2.23 bits per heavy atom. The zero-order valence-corrected chi connectivity index (χ0v) is 8.07. The molecule has 0 radical (unpaired) electrons. The molecule has 0 atom stereocenters. The van der Waals surface area contributed by atoms with Crippen molar-refractivity contribution in [2.24, 2.45) is 0 Å². The van der Waals surface area contributed by atoms with E-state index in [1.807, 2.05) is 0 Å². The van der Waals surface area contributed by atoms with Gasteiger partial charge in [-0.3, -0.25) is 0 Å². The fourth-order valence-corrected chi connectivity index (χ4v) is 1.34. The second-order valence-corrected chi connectivity index (χ2v) is 3.36. The quantitative estimate of drug-likeness (QED) is 0.767. The Hall–Kier alpha value is -1.23. The lowest BCUT2D eigenvalue weighted by molar-refractivity contribution is 0.606. The molecule has 0 aliphatic rings. The Morgan fingerprint density at radius 3 is 2.85 bits per heavy atom. The van der Waals surface area contributed by atoms with E-state index in [1.54, 1.807) is 18.3 Å². The van der Waals surface area contributed by atoms with Gasteiger partial charge in [0, 0.05) is 4.47 Å². The summed E-state index contributed by atoms with van der Waals surface area (Å²) in [7, 11) is 0. The summed E-state index contributed by atoms with van der Waals surface area (Å²) < 4.78 is 15.4. The number of nitrogens with zero attached hydrogens (tertiary/aromatic N) is 3. The molecule has 0 amide bonds. The lowest BCUT2D eigenvalue weighted by Gasteiger charge is -2.01. The molecule has 2 aromatic rings. The van der Waals surface area contributed by atoms with Crippen LogP contribution in [0, 0.1) is 5.82 Å². The van der Waals surface area contributed by atoms with Crippen LogP contribution in [-0.2, 0) is 0 Å². The predicted octanol–water partition coefficient (Wildman–Crippen LogP) is 2.17. The summed E-state index contributed by atoms with van der Waals surface area (Å²) in [5.74, 6) is -0.333. The molecular weight excluding hydrogens is 237 g/mol. The summed E-state index contributed by atoms with van der Waals surface area (Å²) in [6.07, 6.45) is 3.09. The van der Waals surface area contributed by atoms with Crippen LogP contribution in [0.15, 0.2) is 35.1 Å². The van der Waals surface area contributed by atoms with Crippen LogP contribution in [0.5, 0.6) is 0 Å². The van der Waals surface area contributed by atoms with Crippen molar-refractivity contribution in [3.63, 3.8) is 0 Å². The maximum absolute atomic E-state index is 13.3. The van der Waals surface area contributed by atoms with E-state index in [2.05, 4.69) is 26.2 Å². The Kier molecular flexibility index (Phi) is 2.10. The van der Waals surface area contributed by atoms with E-state index in [0.29, 0.717) is 10.2 Å². The van der Waals surface area contributed by atoms with Gasteiger partial charge in [0.15, 0.2) is 0 Å². The summed E-state index contributed by atoms with van der Waals surface area (Å²) in [6, 6.07) is 4.77. The van der Waals surface area contributed by atoms with E-state index in [9.17, 15) is 4.39 Å². The number of aromatic nitrogens is 3. The fraction of sp³-hybridized carbons (Fsp3) is 0. The van der Waals surface area contributed by atoms with Gasteiger partial charge in [0.25, 0.3) is 0 Å². The molecule has 5 heteroatoms. The van der Waals surface area contributed by atoms with Crippen LogP contribution < -0.4 is 0 Å². The van der Waals surface area contributed by atoms with E-state index >= 15 is 0 Å². The third-order valence-corrected chi connectivity index (χ3v) is 2.07. The number of hydrogen-bond donors (Lipinski definition) is 0. The molecule has 0 aliphatic heterocycles. The average molecular weight is 242 g/mol. The molecular formula is C8H5BrFN3. The van der Waals surface area contributed by atoms with Crippen molar-refractivity contribution in [3.8, 4) is 5.69 Å². The van der Waals surface area contributed by atoms with Crippen LogP contribution in [-0.4, -0.2) is 15.0 Å². The smallest absolute Gasteiger partial charge is 0.150 e. The maximum atomic E-state index is 13.3. The predicted molar refractivity (Wildman–Crippen MR) is 49.0 cm³/mol. The molecule has 2 rings (SSSR count). The van der Waals surface area contributed by atoms with E-state index < -0.39 is 0 Å². The summed E-state index contributed by atoms with van der Waals surface area (Å²) in [4.78, 5) is 0. The van der Waals surface area contributed by atoms with Crippen molar-refractivity contribution >= 4 is 15.9 Å². The van der Waals surface area contributed by atoms with Gasteiger partial charge in [0.05, 0.1) is 12.4 Å². The van der Waals surface area contributed by atoms with E-state index in [-0.39, 0.29) is 5.82 Å². The largest absolute Gasteiger partial charge is 0.218 e. The fourth-order valence-electron chi connectivity index (χ4n) is 1.00. The van der Waals surface area contributed by atoms with Crippen molar-refractivity contribution < 1.29 is 4.39 Å². The van der Waals surface area contributed by atoms with Crippen molar-refractivity contribution in [2.75, 3.05) is 0 Å². The first-order chi connectivity index (χ1) is 6.27. The SMILES string of the molecule is Fc1cc(Br)ccc1-n1ccnn1. The van der Waals surface area contributed by atoms with E-state index in [4.69, 9.17) is 0 Å². The molecule has 1 aromatic heterocycles. The van der Waals surface area contributed by atoms with Gasteiger partial charge >= 0.3 is 0 Å². The molecule has 0 saturated carbocycles. The van der Waals surface area contributed by atoms with Crippen LogP contribution in [0.4, 0.5) is 4.39 Å². The van der Waals surface area contributed by atoms with Gasteiger partial charge in [-0.15, -0.1) is 5.10 Å². The highest BCUT2D eigenvalue weighted by Gasteiger charge is 2.04. The molecule has 0 aliphatic carbocycles. The monoisotopic (exact) mass is 241 g/mol. The first-order valence-electron chi connectivity index (χ1n) is 3.59. The Morgan fingerprint density at radius 1 is 1.38 bits per heavy atom. The van der Waals surface area contributed by atoms with E-state index in [0.717, 1.165) is 0 Å². The minimum absolute atomic E-state index is 0.333.